The molecular weight excluding hydrogens is 322 g/mol. The lowest BCUT2D eigenvalue weighted by molar-refractivity contribution is -0.129. The van der Waals surface area contributed by atoms with Crippen LogP contribution in [0, 0.1) is 0 Å². The molecule has 0 aromatic heterocycles. The van der Waals surface area contributed by atoms with E-state index in [1.807, 2.05) is 6.07 Å². The zero-order chi connectivity index (χ0) is 14.3. The molecule has 1 unspecified atom stereocenters. The first kappa shape index (κ1) is 13.1. The summed E-state index contributed by atoms with van der Waals surface area (Å²) in [5.41, 5.74) is -0.198. The number of ether oxygens (including phenoxy) is 1. The highest BCUT2D eigenvalue weighted by atomic mass is 79.9. The molecule has 2 aromatic rings. The van der Waals surface area contributed by atoms with Crippen molar-refractivity contribution in [1.29, 1.82) is 0 Å². The molecule has 4 nitrogen and oxygen atoms in total. The molecule has 1 aliphatic rings. The van der Waals surface area contributed by atoms with Gasteiger partial charge in [0, 0.05) is 21.3 Å². The molecule has 1 aliphatic heterocycles. The second kappa shape index (κ2) is 4.61. The van der Waals surface area contributed by atoms with Crippen LogP contribution in [0.3, 0.4) is 0 Å². The highest BCUT2D eigenvalue weighted by molar-refractivity contribution is 9.10. The van der Waals surface area contributed by atoms with Crippen LogP contribution < -0.4 is 10.1 Å². The fourth-order valence-corrected chi connectivity index (χ4v) is 2.83. The molecule has 0 spiro atoms. The first-order chi connectivity index (χ1) is 9.57. The Bertz CT molecular complexity index is 701. The van der Waals surface area contributed by atoms with E-state index in [-0.39, 0.29) is 0 Å². The average Bonchev–Trinajstić information content (AvgIpc) is 2.72. The predicted molar refractivity (Wildman–Crippen MR) is 78.8 cm³/mol. The molecule has 2 N–H and O–H groups in total. The topological polar surface area (TPSA) is 58.6 Å². The van der Waals surface area contributed by atoms with Crippen LogP contribution >= 0.6 is 15.9 Å². The summed E-state index contributed by atoms with van der Waals surface area (Å²) in [6.45, 7) is 0. The molecule has 5 heteroatoms. The number of aliphatic hydroxyl groups is 1. The second-order valence-corrected chi connectivity index (χ2v) is 5.47. The van der Waals surface area contributed by atoms with Crippen LogP contribution in [0.4, 0.5) is 5.69 Å². The maximum absolute atomic E-state index is 12.3. The molecule has 1 amide bonds. The van der Waals surface area contributed by atoms with Crippen LogP contribution in [-0.4, -0.2) is 18.1 Å². The van der Waals surface area contributed by atoms with Crippen molar-refractivity contribution in [2.75, 3.05) is 12.4 Å². The summed E-state index contributed by atoms with van der Waals surface area (Å²) in [7, 11) is 1.51. The molecule has 0 fully saturated rings. The Labute approximate surface area is 124 Å². The number of fused-ring (bicyclic) bond motifs is 1. The third-order valence-corrected chi connectivity index (χ3v) is 3.94. The highest BCUT2D eigenvalue weighted by Gasteiger charge is 2.48. The van der Waals surface area contributed by atoms with Gasteiger partial charge in [-0.3, -0.25) is 4.79 Å². The number of amides is 1. The van der Waals surface area contributed by atoms with Crippen molar-refractivity contribution in [2.45, 2.75) is 5.60 Å². The summed E-state index contributed by atoms with van der Waals surface area (Å²) in [4.78, 5) is 12.3. The molecule has 102 valence electrons. The Kier molecular flexibility index (Phi) is 3.03. The van der Waals surface area contributed by atoms with Crippen LogP contribution in [0.1, 0.15) is 11.1 Å². The van der Waals surface area contributed by atoms with Gasteiger partial charge >= 0.3 is 0 Å². The van der Waals surface area contributed by atoms with Crippen molar-refractivity contribution in [2.24, 2.45) is 0 Å². The smallest absolute Gasteiger partial charge is 0.266 e. The molecule has 0 saturated heterocycles. The van der Waals surface area contributed by atoms with Gasteiger partial charge in [-0.2, -0.15) is 0 Å². The summed E-state index contributed by atoms with van der Waals surface area (Å²) in [5, 5.41) is 13.7. The Hall–Kier alpha value is -1.85. The van der Waals surface area contributed by atoms with Gasteiger partial charge in [0.05, 0.1) is 7.11 Å². The molecule has 2 aromatic carbocycles. The normalized spacial score (nSPS) is 20.4. The standard InChI is InChI=1S/C15H12BrNO3/c1-20-13-5-3-2-4-10(13)15(19)11-8-9(16)6-7-12(11)17-14(15)18/h2-8,19H,1H3,(H,17,18). The fraction of sp³-hybridized carbons (Fsp3) is 0.133. The number of carbonyl (C=O) groups excluding carboxylic acids is 1. The number of rotatable bonds is 2. The third-order valence-electron chi connectivity index (χ3n) is 3.44. The monoisotopic (exact) mass is 333 g/mol. The number of para-hydroxylation sites is 1. The zero-order valence-electron chi connectivity index (χ0n) is 10.7. The van der Waals surface area contributed by atoms with Gasteiger partial charge in [-0.05, 0) is 24.3 Å². The van der Waals surface area contributed by atoms with Crippen LogP contribution in [0.15, 0.2) is 46.9 Å². The highest BCUT2D eigenvalue weighted by Crippen LogP contribution is 2.44. The van der Waals surface area contributed by atoms with E-state index in [2.05, 4.69) is 21.2 Å². The van der Waals surface area contributed by atoms with Gasteiger partial charge in [-0.15, -0.1) is 0 Å². The molecular formula is C15H12BrNO3. The molecule has 0 aliphatic carbocycles. The van der Waals surface area contributed by atoms with Crippen molar-refractivity contribution in [3.05, 3.63) is 58.1 Å². The Balaban J connectivity index is 2.27. The number of anilines is 1. The Morgan fingerprint density at radius 3 is 2.70 bits per heavy atom. The van der Waals surface area contributed by atoms with Gasteiger partial charge < -0.3 is 15.2 Å². The first-order valence-electron chi connectivity index (χ1n) is 6.04. The largest absolute Gasteiger partial charge is 0.496 e. The van der Waals surface area contributed by atoms with Crippen molar-refractivity contribution in [3.8, 4) is 5.75 Å². The lowest BCUT2D eigenvalue weighted by atomic mass is 9.87. The van der Waals surface area contributed by atoms with Crippen molar-refractivity contribution in [1.82, 2.24) is 0 Å². The lowest BCUT2D eigenvalue weighted by Crippen LogP contribution is -2.35. The number of benzene rings is 2. The van der Waals surface area contributed by atoms with E-state index in [0.29, 0.717) is 22.6 Å². The Morgan fingerprint density at radius 1 is 1.20 bits per heavy atom. The Morgan fingerprint density at radius 2 is 1.95 bits per heavy atom. The van der Waals surface area contributed by atoms with Gasteiger partial charge in [-0.1, -0.05) is 34.1 Å². The minimum atomic E-state index is -1.74. The summed E-state index contributed by atoms with van der Waals surface area (Å²) >= 11 is 3.36. The minimum absolute atomic E-state index is 0.428. The van der Waals surface area contributed by atoms with E-state index < -0.39 is 11.5 Å². The maximum atomic E-state index is 12.3. The molecule has 0 saturated carbocycles. The SMILES string of the molecule is COc1ccccc1C1(O)C(=O)Nc2ccc(Br)cc21. The van der Waals surface area contributed by atoms with E-state index in [4.69, 9.17) is 4.74 Å². The minimum Gasteiger partial charge on any atom is -0.496 e. The number of nitrogens with one attached hydrogen (secondary N) is 1. The van der Waals surface area contributed by atoms with Gasteiger partial charge in [0.2, 0.25) is 0 Å². The molecule has 3 rings (SSSR count). The summed E-state index contributed by atoms with van der Waals surface area (Å²) < 4.78 is 6.06. The van der Waals surface area contributed by atoms with Gasteiger partial charge in [0.1, 0.15) is 5.75 Å². The van der Waals surface area contributed by atoms with Crippen molar-refractivity contribution in [3.63, 3.8) is 0 Å². The molecule has 0 radical (unpaired) electrons. The molecule has 1 atom stereocenters. The van der Waals surface area contributed by atoms with E-state index in [1.54, 1.807) is 36.4 Å². The second-order valence-electron chi connectivity index (χ2n) is 4.55. The predicted octanol–water partition coefficient (Wildman–Crippen LogP) is 2.65. The lowest BCUT2D eigenvalue weighted by Gasteiger charge is -2.23. The van der Waals surface area contributed by atoms with Crippen molar-refractivity contribution >= 4 is 27.5 Å². The fourth-order valence-electron chi connectivity index (χ4n) is 2.47. The number of hydrogen-bond acceptors (Lipinski definition) is 3. The van der Waals surface area contributed by atoms with E-state index in [0.717, 1.165) is 4.47 Å². The summed E-state index contributed by atoms with van der Waals surface area (Å²) in [6.07, 6.45) is 0. The van der Waals surface area contributed by atoms with Crippen LogP contribution in [0.5, 0.6) is 5.75 Å². The quantitative estimate of drug-likeness (QED) is 0.888. The van der Waals surface area contributed by atoms with Gasteiger partial charge in [0.25, 0.3) is 5.91 Å². The molecule has 0 bridgehead atoms. The number of hydrogen-bond donors (Lipinski definition) is 2. The zero-order valence-corrected chi connectivity index (χ0v) is 12.3. The maximum Gasteiger partial charge on any atom is 0.266 e. The molecule has 1 heterocycles. The summed E-state index contributed by atoms with van der Waals surface area (Å²) in [6, 6.07) is 12.3. The summed E-state index contributed by atoms with van der Waals surface area (Å²) in [5.74, 6) is -0.00641. The number of halogens is 1. The first-order valence-corrected chi connectivity index (χ1v) is 6.84. The van der Waals surface area contributed by atoms with Gasteiger partial charge in [0.15, 0.2) is 5.60 Å². The number of methoxy groups -OCH3 is 1. The van der Waals surface area contributed by atoms with Gasteiger partial charge in [-0.25, -0.2) is 0 Å². The van der Waals surface area contributed by atoms with E-state index in [9.17, 15) is 9.90 Å². The molecule has 20 heavy (non-hydrogen) atoms. The number of carbonyl (C=O) groups is 1. The third kappa shape index (κ3) is 1.74. The van der Waals surface area contributed by atoms with Crippen molar-refractivity contribution < 1.29 is 14.6 Å². The van der Waals surface area contributed by atoms with Crippen LogP contribution in [0.25, 0.3) is 0 Å². The van der Waals surface area contributed by atoms with E-state index in [1.165, 1.54) is 7.11 Å². The van der Waals surface area contributed by atoms with E-state index >= 15 is 0 Å². The van der Waals surface area contributed by atoms with Crippen LogP contribution in [0.2, 0.25) is 0 Å². The van der Waals surface area contributed by atoms with Crippen LogP contribution in [-0.2, 0) is 10.4 Å². The average molecular weight is 334 g/mol.